The number of nitrogens with zero attached hydrogens (tertiary/aromatic N) is 1. The van der Waals surface area contributed by atoms with Crippen molar-refractivity contribution in [2.75, 3.05) is 11.9 Å². The van der Waals surface area contributed by atoms with E-state index < -0.39 is 0 Å². The molecule has 1 heterocycles. The largest absolute Gasteiger partial charge is 0.350 e. The summed E-state index contributed by atoms with van der Waals surface area (Å²) < 4.78 is 0. The highest BCUT2D eigenvalue weighted by molar-refractivity contribution is 6.37. The number of rotatable bonds is 5. The van der Waals surface area contributed by atoms with Crippen LogP contribution in [0.1, 0.15) is 24.5 Å². The van der Waals surface area contributed by atoms with E-state index in [0.717, 1.165) is 5.56 Å². The van der Waals surface area contributed by atoms with Gasteiger partial charge in [-0.05, 0) is 48.7 Å². The van der Waals surface area contributed by atoms with E-state index >= 15 is 0 Å². The zero-order valence-corrected chi connectivity index (χ0v) is 16.0. The maximum atomic E-state index is 12.9. The average Bonchev–Trinajstić information content (AvgIpc) is 2.85. The number of benzene rings is 2. The van der Waals surface area contributed by atoms with E-state index in [2.05, 4.69) is 5.32 Å². The molecule has 0 unspecified atom stereocenters. The summed E-state index contributed by atoms with van der Waals surface area (Å²) in [5.41, 5.74) is 2.76. The third-order valence-corrected chi connectivity index (χ3v) is 4.94. The van der Waals surface area contributed by atoms with Crippen molar-refractivity contribution in [3.05, 3.63) is 69.3 Å². The van der Waals surface area contributed by atoms with Crippen LogP contribution in [-0.2, 0) is 9.59 Å². The average molecular weight is 389 g/mol. The molecular weight excluding hydrogens is 371 g/mol. The minimum Gasteiger partial charge on any atom is -0.350 e. The lowest BCUT2D eigenvalue weighted by molar-refractivity contribution is -0.136. The number of amides is 2. The molecule has 0 aromatic heterocycles. The Morgan fingerprint density at radius 2 is 1.69 bits per heavy atom. The topological polar surface area (TPSA) is 49.4 Å². The summed E-state index contributed by atoms with van der Waals surface area (Å²) in [5, 5.41) is 4.29. The first kappa shape index (κ1) is 18.5. The Kier molecular flexibility index (Phi) is 5.35. The van der Waals surface area contributed by atoms with Crippen LogP contribution in [0.25, 0.3) is 5.57 Å². The molecule has 4 nitrogen and oxygen atoms in total. The first-order valence-electron chi connectivity index (χ1n) is 8.32. The van der Waals surface area contributed by atoms with Crippen molar-refractivity contribution in [1.82, 2.24) is 4.90 Å². The molecule has 0 saturated carbocycles. The molecule has 0 aliphatic carbocycles. The highest BCUT2D eigenvalue weighted by Gasteiger charge is 2.38. The maximum Gasteiger partial charge on any atom is 0.278 e. The lowest BCUT2D eigenvalue weighted by atomic mass is 10.0. The predicted octanol–water partition coefficient (Wildman–Crippen LogP) is 4.90. The van der Waals surface area contributed by atoms with Gasteiger partial charge in [0.15, 0.2) is 0 Å². The number of halogens is 2. The Bertz CT molecular complexity index is 905. The van der Waals surface area contributed by atoms with Crippen LogP contribution in [0, 0.1) is 6.92 Å². The van der Waals surface area contributed by atoms with Crippen molar-refractivity contribution >= 4 is 46.3 Å². The first-order chi connectivity index (χ1) is 12.4. The first-order valence-corrected chi connectivity index (χ1v) is 9.08. The Hall–Kier alpha value is -2.30. The van der Waals surface area contributed by atoms with Crippen LogP contribution < -0.4 is 5.32 Å². The van der Waals surface area contributed by atoms with Crippen molar-refractivity contribution in [3.63, 3.8) is 0 Å². The minimum atomic E-state index is -0.332. The number of carbonyl (C=O) groups is 2. The third-order valence-electron chi connectivity index (χ3n) is 4.28. The second-order valence-electron chi connectivity index (χ2n) is 6.06. The molecule has 1 N–H and O–H groups in total. The summed E-state index contributed by atoms with van der Waals surface area (Å²) in [6.07, 6.45) is 0.689. The van der Waals surface area contributed by atoms with Crippen LogP contribution in [0.2, 0.25) is 10.0 Å². The van der Waals surface area contributed by atoms with Gasteiger partial charge in [0.25, 0.3) is 11.8 Å². The fraction of sp³-hybridized carbons (Fsp3) is 0.200. The van der Waals surface area contributed by atoms with Crippen LogP contribution in [-0.4, -0.2) is 23.3 Å². The number of hydrogen-bond donors (Lipinski definition) is 1. The smallest absolute Gasteiger partial charge is 0.278 e. The number of imide groups is 1. The van der Waals surface area contributed by atoms with Crippen molar-refractivity contribution in [2.45, 2.75) is 20.3 Å². The summed E-state index contributed by atoms with van der Waals surface area (Å²) in [6.45, 7) is 4.15. The second kappa shape index (κ2) is 7.52. The molecule has 1 aliphatic heterocycles. The normalized spacial score (nSPS) is 14.4. The van der Waals surface area contributed by atoms with E-state index in [1.54, 1.807) is 36.4 Å². The van der Waals surface area contributed by atoms with Gasteiger partial charge in [-0.2, -0.15) is 0 Å². The maximum absolute atomic E-state index is 12.9. The number of hydrogen-bond acceptors (Lipinski definition) is 3. The number of carbonyl (C=O) groups excluding carboxylic acids is 2. The summed E-state index contributed by atoms with van der Waals surface area (Å²) in [7, 11) is 0. The minimum absolute atomic E-state index is 0.260. The van der Waals surface area contributed by atoms with Gasteiger partial charge in [0.05, 0.1) is 5.57 Å². The monoisotopic (exact) mass is 388 g/mol. The summed E-state index contributed by atoms with van der Waals surface area (Å²) in [4.78, 5) is 27.0. The number of anilines is 1. The second-order valence-corrected chi connectivity index (χ2v) is 6.90. The highest BCUT2D eigenvalue weighted by Crippen LogP contribution is 2.33. The molecule has 1 aliphatic rings. The van der Waals surface area contributed by atoms with E-state index in [4.69, 9.17) is 23.2 Å². The van der Waals surface area contributed by atoms with Gasteiger partial charge in [-0.15, -0.1) is 0 Å². The van der Waals surface area contributed by atoms with Gasteiger partial charge >= 0.3 is 0 Å². The van der Waals surface area contributed by atoms with Crippen LogP contribution in [0.3, 0.4) is 0 Å². The number of nitrogens with one attached hydrogen (secondary N) is 1. The molecule has 0 fully saturated rings. The highest BCUT2D eigenvalue weighted by atomic mass is 35.5. The van der Waals surface area contributed by atoms with Crippen LogP contribution in [0.15, 0.2) is 48.2 Å². The van der Waals surface area contributed by atoms with Gasteiger partial charge in [0, 0.05) is 22.3 Å². The van der Waals surface area contributed by atoms with Crippen molar-refractivity contribution in [3.8, 4) is 0 Å². The molecular formula is C20H18Cl2N2O2. The summed E-state index contributed by atoms with van der Waals surface area (Å²) in [5.74, 6) is -0.637. The lowest BCUT2D eigenvalue weighted by Gasteiger charge is -2.14. The van der Waals surface area contributed by atoms with Crippen LogP contribution >= 0.6 is 23.2 Å². The Morgan fingerprint density at radius 1 is 1.00 bits per heavy atom. The zero-order valence-electron chi connectivity index (χ0n) is 14.5. The molecule has 0 bridgehead atoms. The lowest BCUT2D eigenvalue weighted by Crippen LogP contribution is -2.33. The van der Waals surface area contributed by atoms with Gasteiger partial charge in [0.2, 0.25) is 0 Å². The molecule has 3 rings (SSSR count). The van der Waals surface area contributed by atoms with Crippen LogP contribution in [0.5, 0.6) is 0 Å². The fourth-order valence-corrected chi connectivity index (χ4v) is 3.18. The summed E-state index contributed by atoms with van der Waals surface area (Å²) >= 11 is 12.1. The van der Waals surface area contributed by atoms with E-state index in [0.29, 0.717) is 39.8 Å². The molecule has 0 spiro atoms. The van der Waals surface area contributed by atoms with E-state index in [-0.39, 0.29) is 17.5 Å². The third kappa shape index (κ3) is 3.35. The Labute approximate surface area is 162 Å². The molecule has 0 saturated heterocycles. The Balaban J connectivity index is 2.10. The van der Waals surface area contributed by atoms with Crippen LogP contribution in [0.4, 0.5) is 5.69 Å². The van der Waals surface area contributed by atoms with Gasteiger partial charge in [-0.1, -0.05) is 48.3 Å². The summed E-state index contributed by atoms with van der Waals surface area (Å²) in [6, 6.07) is 12.3. The SMILES string of the molecule is CCCN1C(=O)C(Nc2cccc(Cl)c2C)=C(c2ccc(Cl)cc2)C1=O. The van der Waals surface area contributed by atoms with E-state index in [1.165, 1.54) is 4.90 Å². The van der Waals surface area contributed by atoms with Crippen molar-refractivity contribution < 1.29 is 9.59 Å². The fourth-order valence-electron chi connectivity index (χ4n) is 2.88. The van der Waals surface area contributed by atoms with Crippen molar-refractivity contribution in [1.29, 1.82) is 0 Å². The van der Waals surface area contributed by atoms with Crippen molar-refractivity contribution in [2.24, 2.45) is 0 Å². The molecule has 0 radical (unpaired) electrons. The van der Waals surface area contributed by atoms with Gasteiger partial charge < -0.3 is 5.32 Å². The van der Waals surface area contributed by atoms with Gasteiger partial charge in [-0.25, -0.2) is 0 Å². The molecule has 2 aromatic carbocycles. The van der Waals surface area contributed by atoms with Gasteiger partial charge in [-0.3, -0.25) is 14.5 Å². The van der Waals surface area contributed by atoms with E-state index in [1.807, 2.05) is 19.9 Å². The van der Waals surface area contributed by atoms with E-state index in [9.17, 15) is 9.59 Å². The molecule has 26 heavy (non-hydrogen) atoms. The molecule has 134 valence electrons. The van der Waals surface area contributed by atoms with Gasteiger partial charge in [0.1, 0.15) is 5.70 Å². The molecule has 0 atom stereocenters. The predicted molar refractivity (Wildman–Crippen MR) is 105 cm³/mol. The Morgan fingerprint density at radius 3 is 2.35 bits per heavy atom. The molecule has 2 amide bonds. The molecule has 2 aromatic rings. The standard InChI is InChI=1S/C20H18Cl2N2O2/c1-3-11-24-19(25)17(13-7-9-14(21)10-8-13)18(20(24)26)23-16-6-4-5-15(22)12(16)2/h4-10,23H,3,11H2,1-2H3. The molecule has 6 heteroatoms. The zero-order chi connectivity index (χ0) is 18.8. The quantitative estimate of drug-likeness (QED) is 0.740.